The fraction of sp³-hybridized carbons (Fsp3) is 0. The summed E-state index contributed by atoms with van der Waals surface area (Å²) in [5.41, 5.74) is 1.54. The summed E-state index contributed by atoms with van der Waals surface area (Å²) in [4.78, 5) is 10.3. The Morgan fingerprint density at radius 1 is 1.14 bits per heavy atom. The largest absolute Gasteiger partial charge is 0.269 e. The van der Waals surface area contributed by atoms with Crippen molar-refractivity contribution >= 4 is 29.5 Å². The molecule has 0 unspecified atom stereocenters. The molecule has 1 aromatic heterocycles. The minimum Gasteiger partial charge on any atom is -0.268 e. The van der Waals surface area contributed by atoms with Gasteiger partial charge in [0.1, 0.15) is 0 Å². The molecule has 8 heteroatoms. The summed E-state index contributed by atoms with van der Waals surface area (Å²) in [5, 5.41) is 18.3. The molecule has 0 aliphatic heterocycles. The van der Waals surface area contributed by atoms with Crippen LogP contribution >= 0.6 is 23.8 Å². The molecule has 0 aliphatic rings. The first-order valence-corrected chi connectivity index (χ1v) is 7.03. The smallest absolute Gasteiger partial charge is 0.268 e. The van der Waals surface area contributed by atoms with E-state index in [9.17, 15) is 10.1 Å². The predicted molar refractivity (Wildman–Crippen MR) is 85.8 cm³/mol. The molecule has 0 atom stereocenters. The third-order valence-corrected chi connectivity index (χ3v) is 3.62. The van der Waals surface area contributed by atoms with E-state index < -0.39 is 4.92 Å². The number of nitrogens with zero attached hydrogens (tertiary/aromatic N) is 3. The van der Waals surface area contributed by atoms with Crippen LogP contribution in [0.1, 0.15) is 0 Å². The molecule has 6 nitrogen and oxygen atoms in total. The lowest BCUT2D eigenvalue weighted by molar-refractivity contribution is -0.384. The highest BCUT2D eigenvalue weighted by Crippen LogP contribution is 2.24. The van der Waals surface area contributed by atoms with Gasteiger partial charge in [0.15, 0.2) is 10.6 Å². The Labute approximate surface area is 135 Å². The van der Waals surface area contributed by atoms with Gasteiger partial charge in [-0.25, -0.2) is 0 Å². The van der Waals surface area contributed by atoms with E-state index >= 15 is 0 Å². The third-order valence-electron chi connectivity index (χ3n) is 3.09. The number of non-ortho nitro benzene ring substituents is 1. The summed E-state index contributed by atoms with van der Waals surface area (Å²) in [7, 11) is 0. The van der Waals surface area contributed by atoms with E-state index in [1.807, 2.05) is 12.1 Å². The van der Waals surface area contributed by atoms with E-state index in [2.05, 4.69) is 10.2 Å². The minimum atomic E-state index is -0.444. The zero-order chi connectivity index (χ0) is 15.7. The molecule has 0 aliphatic carbocycles. The van der Waals surface area contributed by atoms with Gasteiger partial charge in [-0.15, -0.1) is 0 Å². The third kappa shape index (κ3) is 2.63. The van der Waals surface area contributed by atoms with E-state index in [-0.39, 0.29) is 5.69 Å². The van der Waals surface area contributed by atoms with E-state index in [0.717, 1.165) is 5.69 Å². The minimum absolute atomic E-state index is 0.0240. The van der Waals surface area contributed by atoms with Crippen LogP contribution in [-0.4, -0.2) is 19.7 Å². The molecule has 2 aromatic carbocycles. The highest BCUT2D eigenvalue weighted by molar-refractivity contribution is 7.71. The number of hydrogen-bond acceptors (Lipinski definition) is 4. The summed E-state index contributed by atoms with van der Waals surface area (Å²) in [5.74, 6) is 0.572. The van der Waals surface area contributed by atoms with Crippen LogP contribution in [0, 0.1) is 14.9 Å². The monoisotopic (exact) mass is 332 g/mol. The van der Waals surface area contributed by atoms with Crippen LogP contribution in [0.5, 0.6) is 0 Å². The van der Waals surface area contributed by atoms with Crippen molar-refractivity contribution in [3.05, 3.63) is 68.4 Å². The van der Waals surface area contributed by atoms with Crippen molar-refractivity contribution in [1.29, 1.82) is 0 Å². The molecule has 3 aromatic rings. The highest BCUT2D eigenvalue weighted by atomic mass is 35.5. The van der Waals surface area contributed by atoms with Crippen molar-refractivity contribution in [2.24, 2.45) is 0 Å². The van der Waals surface area contributed by atoms with E-state index in [1.165, 1.54) is 12.1 Å². The first-order chi connectivity index (χ1) is 10.6. The van der Waals surface area contributed by atoms with Crippen LogP contribution in [0.15, 0.2) is 48.5 Å². The van der Waals surface area contributed by atoms with Crippen molar-refractivity contribution in [3.63, 3.8) is 0 Å². The van der Waals surface area contributed by atoms with E-state index in [0.29, 0.717) is 21.2 Å². The lowest BCUT2D eigenvalue weighted by Crippen LogP contribution is -1.97. The molecule has 1 N–H and O–H groups in total. The molecular weight excluding hydrogens is 324 g/mol. The van der Waals surface area contributed by atoms with Gasteiger partial charge in [0.25, 0.3) is 5.69 Å². The average Bonchev–Trinajstić information content (AvgIpc) is 2.90. The van der Waals surface area contributed by atoms with Gasteiger partial charge in [-0.2, -0.15) is 5.10 Å². The SMILES string of the molecule is O=[N+]([O-])c1ccc(-c2n[nH]c(=S)n2-c2ccc(Cl)cc2)cc1. The van der Waals surface area contributed by atoms with Gasteiger partial charge in [0, 0.05) is 22.7 Å². The Balaban J connectivity index is 2.11. The summed E-state index contributed by atoms with van der Waals surface area (Å²) in [6.45, 7) is 0. The van der Waals surface area contributed by atoms with Gasteiger partial charge < -0.3 is 0 Å². The van der Waals surface area contributed by atoms with Gasteiger partial charge in [-0.1, -0.05) is 11.6 Å². The number of aromatic nitrogens is 3. The number of benzene rings is 2. The Morgan fingerprint density at radius 2 is 1.77 bits per heavy atom. The van der Waals surface area contributed by atoms with Crippen LogP contribution < -0.4 is 0 Å². The molecule has 3 rings (SSSR count). The van der Waals surface area contributed by atoms with Crippen LogP contribution in [0.25, 0.3) is 17.1 Å². The van der Waals surface area contributed by atoms with Crippen molar-refractivity contribution in [3.8, 4) is 17.1 Å². The van der Waals surface area contributed by atoms with Crippen LogP contribution in [0.2, 0.25) is 5.02 Å². The lowest BCUT2D eigenvalue weighted by atomic mass is 10.2. The molecular formula is C14H9ClN4O2S. The Bertz CT molecular complexity index is 884. The molecule has 0 bridgehead atoms. The fourth-order valence-electron chi connectivity index (χ4n) is 2.05. The van der Waals surface area contributed by atoms with Crippen molar-refractivity contribution in [2.75, 3.05) is 0 Å². The van der Waals surface area contributed by atoms with Crippen molar-refractivity contribution < 1.29 is 4.92 Å². The standard InChI is InChI=1S/C14H9ClN4O2S/c15-10-3-7-11(8-4-10)18-13(16-17-14(18)22)9-1-5-12(6-2-9)19(20)21/h1-8H,(H,17,22). The van der Waals surface area contributed by atoms with E-state index in [1.54, 1.807) is 28.8 Å². The van der Waals surface area contributed by atoms with Crippen LogP contribution in [0.3, 0.4) is 0 Å². The molecule has 0 amide bonds. The maximum Gasteiger partial charge on any atom is 0.269 e. The molecule has 0 saturated carbocycles. The molecule has 0 radical (unpaired) electrons. The summed E-state index contributed by atoms with van der Waals surface area (Å²) in [6.07, 6.45) is 0. The average molecular weight is 333 g/mol. The number of nitrogens with one attached hydrogen (secondary N) is 1. The number of hydrogen-bond donors (Lipinski definition) is 1. The van der Waals surface area contributed by atoms with Crippen molar-refractivity contribution in [2.45, 2.75) is 0 Å². The normalized spacial score (nSPS) is 10.6. The fourth-order valence-corrected chi connectivity index (χ4v) is 2.42. The summed E-state index contributed by atoms with van der Waals surface area (Å²) in [6, 6.07) is 13.3. The number of H-pyrrole nitrogens is 1. The maximum atomic E-state index is 10.7. The molecule has 1 heterocycles. The molecule has 0 fully saturated rings. The number of aromatic amines is 1. The number of rotatable bonds is 3. The van der Waals surface area contributed by atoms with Crippen LogP contribution in [0.4, 0.5) is 5.69 Å². The first kappa shape index (κ1) is 14.4. The quantitative estimate of drug-likeness (QED) is 0.444. The van der Waals surface area contributed by atoms with Crippen molar-refractivity contribution in [1.82, 2.24) is 14.8 Å². The molecule has 0 spiro atoms. The second-order valence-electron chi connectivity index (χ2n) is 4.47. The summed E-state index contributed by atoms with van der Waals surface area (Å²) < 4.78 is 2.17. The molecule has 0 saturated heterocycles. The number of nitro benzene ring substituents is 1. The Kier molecular flexibility index (Phi) is 3.74. The zero-order valence-corrected chi connectivity index (χ0v) is 12.6. The van der Waals surface area contributed by atoms with Crippen LogP contribution in [-0.2, 0) is 0 Å². The molecule has 22 heavy (non-hydrogen) atoms. The van der Waals surface area contributed by atoms with Gasteiger partial charge in [0.05, 0.1) is 10.6 Å². The van der Waals surface area contributed by atoms with Gasteiger partial charge >= 0.3 is 0 Å². The highest BCUT2D eigenvalue weighted by Gasteiger charge is 2.12. The number of nitro groups is 1. The van der Waals surface area contributed by atoms with Gasteiger partial charge in [-0.05, 0) is 48.6 Å². The van der Waals surface area contributed by atoms with E-state index in [4.69, 9.17) is 23.8 Å². The first-order valence-electron chi connectivity index (χ1n) is 6.24. The predicted octanol–water partition coefficient (Wildman–Crippen LogP) is 4.16. The van der Waals surface area contributed by atoms with Gasteiger partial charge in [-0.3, -0.25) is 19.8 Å². The summed E-state index contributed by atoms with van der Waals surface area (Å²) >= 11 is 11.2. The molecule has 110 valence electrons. The lowest BCUT2D eigenvalue weighted by Gasteiger charge is -2.07. The maximum absolute atomic E-state index is 10.7. The number of halogens is 1. The second kappa shape index (κ2) is 5.70. The Morgan fingerprint density at radius 3 is 2.36 bits per heavy atom. The van der Waals surface area contributed by atoms with Gasteiger partial charge in [0.2, 0.25) is 0 Å². The topological polar surface area (TPSA) is 76.8 Å². The Hall–Kier alpha value is -2.51. The second-order valence-corrected chi connectivity index (χ2v) is 5.29. The zero-order valence-electron chi connectivity index (χ0n) is 11.1.